The molecule has 0 aliphatic heterocycles. The van der Waals surface area contributed by atoms with Gasteiger partial charge in [0.2, 0.25) is 0 Å². The summed E-state index contributed by atoms with van der Waals surface area (Å²) < 4.78 is 0.355. The molecule has 1 aromatic carbocycles. The maximum atomic E-state index is 2.59. The van der Waals surface area contributed by atoms with Gasteiger partial charge in [0.15, 0.2) is 0 Å². The van der Waals surface area contributed by atoms with Crippen LogP contribution in [0.15, 0.2) is 53.8 Å². The quantitative estimate of drug-likeness (QED) is 0.636. The van der Waals surface area contributed by atoms with Gasteiger partial charge in [-0.15, -0.1) is 0 Å². The molecule has 0 amide bonds. The molecule has 110 valence electrons. The van der Waals surface area contributed by atoms with Crippen LogP contribution in [0.25, 0.3) is 6.08 Å². The Morgan fingerprint density at radius 3 is 2.10 bits per heavy atom. The largest absolute Gasteiger partial charge is 0.0871 e. The Morgan fingerprint density at radius 1 is 0.905 bits per heavy atom. The van der Waals surface area contributed by atoms with Gasteiger partial charge in [0.05, 0.1) is 16.1 Å². The molecule has 0 saturated carbocycles. The van der Waals surface area contributed by atoms with Crippen LogP contribution in [0.3, 0.4) is 0 Å². The van der Waals surface area contributed by atoms with Crippen LogP contribution in [-0.2, 0) is 6.42 Å². The number of fused-ring (bicyclic) bond motifs is 1. The lowest BCUT2D eigenvalue weighted by Crippen LogP contribution is -2.54. The third-order valence-corrected chi connectivity index (χ3v) is 16.9. The average molecular weight is 311 g/mol. The van der Waals surface area contributed by atoms with Crippen LogP contribution in [0.2, 0.25) is 37.4 Å². The minimum atomic E-state index is -1.57. The molecular weight excluding hydrogens is 284 g/mol. The van der Waals surface area contributed by atoms with Gasteiger partial charge in [-0.2, -0.15) is 0 Å². The number of hydrogen-bond donors (Lipinski definition) is 0. The Bertz CT molecular complexity index is 642. The van der Waals surface area contributed by atoms with Crippen molar-refractivity contribution in [2.45, 2.75) is 43.8 Å². The van der Waals surface area contributed by atoms with Gasteiger partial charge in [0.1, 0.15) is 0 Å². The minimum absolute atomic E-state index is 0.355. The van der Waals surface area contributed by atoms with E-state index in [1.807, 2.05) is 0 Å². The van der Waals surface area contributed by atoms with Crippen LogP contribution in [0.1, 0.15) is 11.1 Å². The van der Waals surface area contributed by atoms with Crippen molar-refractivity contribution in [1.82, 2.24) is 0 Å². The topological polar surface area (TPSA) is 0 Å². The third kappa shape index (κ3) is 2.08. The van der Waals surface area contributed by atoms with E-state index < -0.39 is 16.1 Å². The van der Waals surface area contributed by atoms with E-state index in [4.69, 9.17) is 0 Å². The first kappa shape index (κ1) is 14.8. The molecule has 0 N–H and O–H groups in total. The Kier molecular flexibility index (Phi) is 3.30. The fourth-order valence-corrected chi connectivity index (χ4v) is 16.2. The van der Waals surface area contributed by atoms with Gasteiger partial charge in [-0.05, 0) is 17.5 Å². The van der Waals surface area contributed by atoms with Crippen molar-refractivity contribution in [3.63, 3.8) is 0 Å². The van der Waals surface area contributed by atoms with Crippen LogP contribution < -0.4 is 0 Å². The summed E-state index contributed by atoms with van der Waals surface area (Å²) in [5.41, 5.74) is 2.97. The molecule has 0 spiro atoms. The van der Waals surface area contributed by atoms with Crippen molar-refractivity contribution in [3.05, 3.63) is 64.9 Å². The highest BCUT2D eigenvalue weighted by atomic mass is 28.4. The molecule has 0 radical (unpaired) electrons. The van der Waals surface area contributed by atoms with E-state index in [-0.39, 0.29) is 0 Å². The molecule has 1 aromatic rings. The van der Waals surface area contributed by atoms with Crippen LogP contribution in [0.4, 0.5) is 0 Å². The van der Waals surface area contributed by atoms with Crippen LogP contribution >= 0.6 is 0 Å². The molecule has 0 heterocycles. The summed E-state index contributed by atoms with van der Waals surface area (Å²) in [5, 5.41) is 1.72. The van der Waals surface area contributed by atoms with Crippen molar-refractivity contribution < 1.29 is 0 Å². The van der Waals surface area contributed by atoms with E-state index in [2.05, 4.69) is 87.4 Å². The molecule has 2 aliphatic rings. The molecule has 0 atom stereocenters. The van der Waals surface area contributed by atoms with Crippen LogP contribution in [0, 0.1) is 0 Å². The lowest BCUT2D eigenvalue weighted by molar-refractivity contribution is 1.08. The van der Waals surface area contributed by atoms with Crippen LogP contribution in [0.5, 0.6) is 0 Å². The first-order valence-corrected chi connectivity index (χ1v) is 14.4. The zero-order valence-corrected chi connectivity index (χ0v) is 15.9. The van der Waals surface area contributed by atoms with Gasteiger partial charge in [-0.25, -0.2) is 0 Å². The molecule has 0 bridgehead atoms. The van der Waals surface area contributed by atoms with Crippen molar-refractivity contribution in [1.29, 1.82) is 0 Å². The van der Waals surface area contributed by atoms with Crippen molar-refractivity contribution >= 4 is 22.2 Å². The Hall–Kier alpha value is -1.13. The van der Waals surface area contributed by atoms with Gasteiger partial charge >= 0.3 is 0 Å². The fraction of sp³-hybridized carbons (Fsp3) is 0.368. The van der Waals surface area contributed by atoms with Crippen molar-refractivity contribution in [2.75, 3.05) is 0 Å². The fourth-order valence-electron chi connectivity index (χ4n) is 4.27. The van der Waals surface area contributed by atoms with E-state index in [9.17, 15) is 0 Å². The van der Waals surface area contributed by atoms with E-state index >= 15 is 0 Å². The second kappa shape index (κ2) is 4.69. The molecule has 3 rings (SSSR count). The van der Waals surface area contributed by atoms with E-state index in [0.29, 0.717) is 4.66 Å². The molecule has 21 heavy (non-hydrogen) atoms. The molecule has 0 unspecified atom stereocenters. The Morgan fingerprint density at radius 2 is 1.52 bits per heavy atom. The number of hydrogen-bond acceptors (Lipinski definition) is 0. The Labute approximate surface area is 131 Å². The average Bonchev–Trinajstić information content (AvgIpc) is 3.05. The van der Waals surface area contributed by atoms with Gasteiger partial charge < -0.3 is 0 Å². The number of benzene rings is 1. The second-order valence-electron chi connectivity index (χ2n) is 8.01. The second-order valence-corrected chi connectivity index (χ2v) is 18.6. The standard InChI is InChI=1S/C19H26Si2/c1-20(2,3)19(12-8-9-13-19)21(4,5)18-14-16-10-6-7-11-17(16)15-18/h6-14H,15H2,1-5H3. The maximum absolute atomic E-state index is 2.59. The van der Waals surface area contributed by atoms with Gasteiger partial charge in [0.25, 0.3) is 0 Å². The summed E-state index contributed by atoms with van der Waals surface area (Å²) in [6, 6.07) is 8.91. The van der Waals surface area contributed by atoms with E-state index in [1.165, 1.54) is 17.5 Å². The lowest BCUT2D eigenvalue weighted by Gasteiger charge is -2.49. The summed E-state index contributed by atoms with van der Waals surface area (Å²) in [7, 11) is -2.90. The smallest absolute Gasteiger partial charge is 0.0796 e. The molecule has 0 nitrogen and oxygen atoms in total. The first-order chi connectivity index (χ1) is 9.78. The summed E-state index contributed by atoms with van der Waals surface area (Å²) in [6.07, 6.45) is 13.3. The lowest BCUT2D eigenvalue weighted by atomic mass is 10.1. The zero-order chi connectivity index (χ0) is 15.3. The SMILES string of the molecule is C[Si](C)(C)C1([Si](C)(C)C2=Cc3ccccc3C2)C=CC=C1. The monoisotopic (exact) mass is 310 g/mol. The van der Waals surface area contributed by atoms with Crippen LogP contribution in [-0.4, -0.2) is 16.1 Å². The number of allylic oxidation sites excluding steroid dienone is 5. The molecule has 0 aromatic heterocycles. The molecule has 2 heteroatoms. The molecule has 0 fully saturated rings. The molecule has 2 aliphatic carbocycles. The number of rotatable bonds is 3. The predicted octanol–water partition coefficient (Wildman–Crippen LogP) is 5.62. The Balaban J connectivity index is 2.06. The summed E-state index contributed by atoms with van der Waals surface area (Å²) in [6.45, 7) is 12.8. The molecule has 0 saturated heterocycles. The first-order valence-electron chi connectivity index (χ1n) is 7.94. The highest BCUT2D eigenvalue weighted by molar-refractivity contribution is 7.04. The molecular formula is C19H26Si2. The highest BCUT2D eigenvalue weighted by Gasteiger charge is 2.54. The summed E-state index contributed by atoms with van der Waals surface area (Å²) >= 11 is 0. The normalized spacial score (nSPS) is 19.8. The zero-order valence-electron chi connectivity index (χ0n) is 13.9. The highest BCUT2D eigenvalue weighted by Crippen LogP contribution is 2.55. The third-order valence-electron chi connectivity index (χ3n) is 5.67. The van der Waals surface area contributed by atoms with Gasteiger partial charge in [-0.1, -0.05) is 92.6 Å². The maximum Gasteiger partial charge on any atom is 0.0871 e. The van der Waals surface area contributed by atoms with Crippen molar-refractivity contribution in [3.8, 4) is 0 Å². The van der Waals surface area contributed by atoms with Gasteiger partial charge in [-0.3, -0.25) is 0 Å². The minimum Gasteiger partial charge on any atom is -0.0796 e. The predicted molar refractivity (Wildman–Crippen MR) is 99.9 cm³/mol. The summed E-state index contributed by atoms with van der Waals surface area (Å²) in [4.78, 5) is 0. The van der Waals surface area contributed by atoms with E-state index in [0.717, 1.165) is 0 Å². The van der Waals surface area contributed by atoms with E-state index in [1.54, 1.807) is 5.20 Å². The van der Waals surface area contributed by atoms with Crippen molar-refractivity contribution in [2.24, 2.45) is 0 Å². The summed E-state index contributed by atoms with van der Waals surface area (Å²) in [5.74, 6) is 0. The van der Waals surface area contributed by atoms with Gasteiger partial charge in [0, 0.05) is 4.66 Å².